The van der Waals surface area contributed by atoms with E-state index in [1.807, 2.05) is 12.1 Å². The first-order valence-corrected chi connectivity index (χ1v) is 5.80. The van der Waals surface area contributed by atoms with Crippen molar-refractivity contribution in [3.8, 4) is 6.07 Å². The predicted octanol–water partition coefficient (Wildman–Crippen LogP) is 1.34. The van der Waals surface area contributed by atoms with Crippen LogP contribution in [0.15, 0.2) is 16.5 Å². The van der Waals surface area contributed by atoms with Crippen molar-refractivity contribution in [3.63, 3.8) is 0 Å². The lowest BCUT2D eigenvalue weighted by Gasteiger charge is -2.14. The topological polar surface area (TPSA) is 52.2 Å². The van der Waals surface area contributed by atoms with Crippen LogP contribution in [0.4, 0.5) is 0 Å². The molecule has 0 unspecified atom stereocenters. The zero-order valence-electron chi connectivity index (χ0n) is 9.41. The van der Waals surface area contributed by atoms with E-state index in [9.17, 15) is 0 Å². The highest BCUT2D eigenvalue weighted by molar-refractivity contribution is 5.18. The Balaban J connectivity index is 1.62. The molecule has 0 amide bonds. The van der Waals surface area contributed by atoms with Crippen LogP contribution >= 0.6 is 0 Å². The van der Waals surface area contributed by atoms with Crippen LogP contribution in [0.25, 0.3) is 0 Å². The fraction of sp³-hybridized carbons (Fsp3) is 0.583. The summed E-state index contributed by atoms with van der Waals surface area (Å²) < 4.78 is 5.27. The quantitative estimate of drug-likeness (QED) is 0.759. The molecular weight excluding hydrogens is 202 g/mol. The molecule has 0 atom stereocenters. The van der Waals surface area contributed by atoms with Crippen LogP contribution < -0.4 is 5.32 Å². The van der Waals surface area contributed by atoms with Gasteiger partial charge in [-0.15, -0.1) is 0 Å². The standard InChI is InChI=1S/C12H17N3O/c13-9-11-3-4-12(16-11)10-14-5-8-15-6-1-2-7-15/h3-4,14H,1-2,5-8,10H2. The van der Waals surface area contributed by atoms with Gasteiger partial charge in [0.2, 0.25) is 5.76 Å². The molecule has 2 heterocycles. The second-order valence-electron chi connectivity index (χ2n) is 4.10. The molecule has 0 spiro atoms. The maximum absolute atomic E-state index is 8.60. The first-order valence-electron chi connectivity index (χ1n) is 5.80. The predicted molar refractivity (Wildman–Crippen MR) is 60.8 cm³/mol. The van der Waals surface area contributed by atoms with Gasteiger partial charge in [0.25, 0.3) is 0 Å². The molecule has 1 saturated heterocycles. The van der Waals surface area contributed by atoms with Gasteiger partial charge in [-0.3, -0.25) is 0 Å². The molecule has 1 aliphatic heterocycles. The molecule has 4 nitrogen and oxygen atoms in total. The van der Waals surface area contributed by atoms with Crippen molar-refractivity contribution in [1.82, 2.24) is 10.2 Å². The second kappa shape index (κ2) is 5.69. The van der Waals surface area contributed by atoms with E-state index in [2.05, 4.69) is 10.2 Å². The summed E-state index contributed by atoms with van der Waals surface area (Å²) in [5.41, 5.74) is 0. The Morgan fingerprint density at radius 2 is 2.19 bits per heavy atom. The van der Waals surface area contributed by atoms with Gasteiger partial charge in [0.05, 0.1) is 6.54 Å². The van der Waals surface area contributed by atoms with Crippen LogP contribution in [0, 0.1) is 11.3 Å². The Labute approximate surface area is 95.8 Å². The summed E-state index contributed by atoms with van der Waals surface area (Å²) >= 11 is 0. The van der Waals surface area contributed by atoms with Gasteiger partial charge in [0, 0.05) is 13.1 Å². The number of nitrogens with one attached hydrogen (secondary N) is 1. The van der Waals surface area contributed by atoms with Gasteiger partial charge in [-0.1, -0.05) is 0 Å². The summed E-state index contributed by atoms with van der Waals surface area (Å²) in [6, 6.07) is 5.53. The summed E-state index contributed by atoms with van der Waals surface area (Å²) in [5.74, 6) is 1.22. The highest BCUT2D eigenvalue weighted by Crippen LogP contribution is 2.07. The molecule has 2 rings (SSSR count). The summed E-state index contributed by atoms with van der Waals surface area (Å²) in [5, 5.41) is 11.9. The lowest BCUT2D eigenvalue weighted by atomic mass is 10.4. The number of likely N-dealkylation sites (tertiary alicyclic amines) is 1. The normalized spacial score (nSPS) is 16.4. The third-order valence-corrected chi connectivity index (χ3v) is 2.87. The summed E-state index contributed by atoms with van der Waals surface area (Å²) in [6.07, 6.45) is 2.67. The Morgan fingerprint density at radius 1 is 1.38 bits per heavy atom. The molecule has 1 fully saturated rings. The summed E-state index contributed by atoms with van der Waals surface area (Å²) in [7, 11) is 0. The first-order chi connectivity index (χ1) is 7.88. The van der Waals surface area contributed by atoms with Crippen molar-refractivity contribution in [1.29, 1.82) is 5.26 Å². The molecule has 0 saturated carbocycles. The Bertz CT molecular complexity index is 361. The van der Waals surface area contributed by atoms with Crippen molar-refractivity contribution in [2.24, 2.45) is 0 Å². The molecule has 1 aromatic rings. The number of hydrogen-bond donors (Lipinski definition) is 1. The van der Waals surface area contributed by atoms with Crippen molar-refractivity contribution in [2.45, 2.75) is 19.4 Å². The smallest absolute Gasteiger partial charge is 0.203 e. The lowest BCUT2D eigenvalue weighted by Crippen LogP contribution is -2.29. The molecule has 1 N–H and O–H groups in total. The average molecular weight is 219 g/mol. The maximum Gasteiger partial charge on any atom is 0.203 e. The molecule has 0 radical (unpaired) electrons. The van der Waals surface area contributed by atoms with E-state index in [0.717, 1.165) is 18.8 Å². The van der Waals surface area contributed by atoms with Crippen molar-refractivity contribution in [2.75, 3.05) is 26.2 Å². The monoisotopic (exact) mass is 219 g/mol. The van der Waals surface area contributed by atoms with Gasteiger partial charge < -0.3 is 14.6 Å². The van der Waals surface area contributed by atoms with Crippen LogP contribution in [0.1, 0.15) is 24.4 Å². The van der Waals surface area contributed by atoms with Crippen molar-refractivity contribution >= 4 is 0 Å². The molecular formula is C12H17N3O. The maximum atomic E-state index is 8.60. The molecule has 1 aliphatic rings. The van der Waals surface area contributed by atoms with E-state index >= 15 is 0 Å². The molecule has 16 heavy (non-hydrogen) atoms. The molecule has 4 heteroatoms. The number of nitrogens with zero attached hydrogens (tertiary/aromatic N) is 2. The minimum Gasteiger partial charge on any atom is -0.449 e. The minimum atomic E-state index is 0.386. The number of nitriles is 1. The van der Waals surface area contributed by atoms with Gasteiger partial charge >= 0.3 is 0 Å². The van der Waals surface area contributed by atoms with Crippen LogP contribution in [-0.2, 0) is 6.54 Å². The fourth-order valence-corrected chi connectivity index (χ4v) is 1.99. The minimum absolute atomic E-state index is 0.386. The van der Waals surface area contributed by atoms with E-state index in [1.54, 1.807) is 6.07 Å². The van der Waals surface area contributed by atoms with Gasteiger partial charge in [0.15, 0.2) is 0 Å². The number of hydrogen-bond acceptors (Lipinski definition) is 4. The lowest BCUT2D eigenvalue weighted by molar-refractivity contribution is 0.332. The molecule has 0 aliphatic carbocycles. The largest absolute Gasteiger partial charge is 0.449 e. The highest BCUT2D eigenvalue weighted by atomic mass is 16.3. The fourth-order valence-electron chi connectivity index (χ4n) is 1.99. The second-order valence-corrected chi connectivity index (χ2v) is 4.10. The van der Waals surface area contributed by atoms with Gasteiger partial charge in [-0.05, 0) is 38.1 Å². The number of rotatable bonds is 5. The molecule has 0 bridgehead atoms. The first kappa shape index (κ1) is 11.2. The van der Waals surface area contributed by atoms with Crippen LogP contribution in [0.3, 0.4) is 0 Å². The summed E-state index contributed by atoms with van der Waals surface area (Å²) in [4.78, 5) is 2.47. The van der Waals surface area contributed by atoms with E-state index < -0.39 is 0 Å². The van der Waals surface area contributed by atoms with E-state index in [4.69, 9.17) is 9.68 Å². The SMILES string of the molecule is N#Cc1ccc(CNCCN2CCCC2)o1. The Hall–Kier alpha value is -1.31. The van der Waals surface area contributed by atoms with Crippen molar-refractivity contribution in [3.05, 3.63) is 23.7 Å². The van der Waals surface area contributed by atoms with Crippen molar-refractivity contribution < 1.29 is 4.42 Å². The van der Waals surface area contributed by atoms with E-state index in [1.165, 1.54) is 25.9 Å². The van der Waals surface area contributed by atoms with E-state index in [-0.39, 0.29) is 0 Å². The van der Waals surface area contributed by atoms with Crippen LogP contribution in [0.5, 0.6) is 0 Å². The van der Waals surface area contributed by atoms with Gasteiger partial charge in [0.1, 0.15) is 11.8 Å². The van der Waals surface area contributed by atoms with Gasteiger partial charge in [-0.2, -0.15) is 5.26 Å². The zero-order chi connectivity index (χ0) is 11.2. The third-order valence-electron chi connectivity index (χ3n) is 2.87. The zero-order valence-corrected chi connectivity index (χ0v) is 9.41. The van der Waals surface area contributed by atoms with Gasteiger partial charge in [-0.25, -0.2) is 0 Å². The Morgan fingerprint density at radius 3 is 2.88 bits per heavy atom. The molecule has 1 aromatic heterocycles. The van der Waals surface area contributed by atoms with E-state index in [0.29, 0.717) is 12.3 Å². The van der Waals surface area contributed by atoms with Crippen LogP contribution in [0.2, 0.25) is 0 Å². The van der Waals surface area contributed by atoms with Crippen LogP contribution in [-0.4, -0.2) is 31.1 Å². The molecule has 86 valence electrons. The average Bonchev–Trinajstić information content (AvgIpc) is 2.95. The highest BCUT2D eigenvalue weighted by Gasteiger charge is 2.10. The summed E-state index contributed by atoms with van der Waals surface area (Å²) in [6.45, 7) is 5.26. The molecule has 0 aromatic carbocycles. The number of furan rings is 1. The third kappa shape index (κ3) is 3.09. The Kier molecular flexibility index (Phi) is 3.97.